The Morgan fingerprint density at radius 2 is 2.06 bits per heavy atom. The molecule has 0 aliphatic carbocycles. The average molecular weight is 235 g/mol. The van der Waals surface area contributed by atoms with Crippen molar-refractivity contribution in [1.82, 2.24) is 5.32 Å². The molecule has 0 fully saturated rings. The van der Waals surface area contributed by atoms with Gasteiger partial charge in [0.15, 0.2) is 0 Å². The highest BCUT2D eigenvalue weighted by Crippen LogP contribution is 2.39. The zero-order valence-corrected chi connectivity index (χ0v) is 11.4. The molecule has 1 N–H and O–H groups in total. The third-order valence-electron chi connectivity index (χ3n) is 3.01. The summed E-state index contributed by atoms with van der Waals surface area (Å²) in [5.41, 5.74) is 4.34. The summed E-state index contributed by atoms with van der Waals surface area (Å²) in [6.07, 6.45) is 1.25. The van der Waals surface area contributed by atoms with Gasteiger partial charge in [-0.3, -0.25) is 0 Å². The van der Waals surface area contributed by atoms with Crippen LogP contribution < -0.4 is 5.32 Å². The molecule has 16 heavy (non-hydrogen) atoms. The van der Waals surface area contributed by atoms with Crippen molar-refractivity contribution in [1.29, 1.82) is 0 Å². The van der Waals surface area contributed by atoms with E-state index in [1.807, 2.05) is 11.8 Å². The maximum Gasteiger partial charge on any atom is 0.0341 e. The Balaban J connectivity index is 2.37. The zero-order valence-electron chi connectivity index (χ0n) is 10.6. The van der Waals surface area contributed by atoms with Gasteiger partial charge in [0.2, 0.25) is 0 Å². The van der Waals surface area contributed by atoms with Gasteiger partial charge < -0.3 is 5.32 Å². The lowest BCUT2D eigenvalue weighted by Crippen LogP contribution is -2.30. The van der Waals surface area contributed by atoms with Gasteiger partial charge in [-0.25, -0.2) is 0 Å². The van der Waals surface area contributed by atoms with E-state index >= 15 is 0 Å². The molecule has 88 valence electrons. The van der Waals surface area contributed by atoms with Gasteiger partial charge in [-0.1, -0.05) is 31.5 Å². The standard InChI is InChI=1S/C14H21NS/c1-9(2)15-13-5-6-16-14-11(4)7-10(3)8-12(13)14/h7-9,13,15H,5-6H2,1-4H3. The molecule has 0 saturated carbocycles. The van der Waals surface area contributed by atoms with Crippen LogP contribution in [0.5, 0.6) is 0 Å². The van der Waals surface area contributed by atoms with Crippen molar-refractivity contribution in [2.24, 2.45) is 0 Å². The Hall–Kier alpha value is -0.470. The van der Waals surface area contributed by atoms with Crippen molar-refractivity contribution < 1.29 is 0 Å². The number of hydrogen-bond donors (Lipinski definition) is 1. The number of rotatable bonds is 2. The Labute approximate surface area is 103 Å². The number of fused-ring (bicyclic) bond motifs is 1. The van der Waals surface area contributed by atoms with Gasteiger partial charge >= 0.3 is 0 Å². The molecule has 1 aliphatic heterocycles. The minimum atomic E-state index is 0.551. The third kappa shape index (κ3) is 2.44. The Morgan fingerprint density at radius 3 is 2.75 bits per heavy atom. The Bertz CT molecular complexity index is 385. The fraction of sp³-hybridized carbons (Fsp3) is 0.571. The normalized spacial score (nSPS) is 19.9. The lowest BCUT2D eigenvalue weighted by Gasteiger charge is -2.29. The van der Waals surface area contributed by atoms with Crippen LogP contribution in [0.2, 0.25) is 0 Å². The fourth-order valence-electron chi connectivity index (χ4n) is 2.45. The van der Waals surface area contributed by atoms with Crippen molar-refractivity contribution in [3.8, 4) is 0 Å². The summed E-state index contributed by atoms with van der Waals surface area (Å²) >= 11 is 2.01. The summed E-state index contributed by atoms with van der Waals surface area (Å²) < 4.78 is 0. The van der Waals surface area contributed by atoms with Crippen LogP contribution in [-0.2, 0) is 0 Å². The van der Waals surface area contributed by atoms with E-state index in [1.54, 1.807) is 0 Å². The summed E-state index contributed by atoms with van der Waals surface area (Å²) in [6, 6.07) is 5.76. The second-order valence-corrected chi connectivity index (χ2v) is 6.12. The molecule has 0 amide bonds. The van der Waals surface area contributed by atoms with E-state index in [0.29, 0.717) is 12.1 Å². The lowest BCUT2D eigenvalue weighted by atomic mass is 9.98. The van der Waals surface area contributed by atoms with E-state index in [4.69, 9.17) is 0 Å². The molecule has 1 nitrogen and oxygen atoms in total. The first kappa shape index (κ1) is 12.0. The number of hydrogen-bond acceptors (Lipinski definition) is 2. The second-order valence-electron chi connectivity index (χ2n) is 5.01. The summed E-state index contributed by atoms with van der Waals surface area (Å²) in [5.74, 6) is 1.24. The predicted molar refractivity (Wildman–Crippen MR) is 72.3 cm³/mol. The van der Waals surface area contributed by atoms with Crippen molar-refractivity contribution in [2.45, 2.75) is 51.1 Å². The number of aryl methyl sites for hydroxylation is 2. The number of nitrogens with one attached hydrogen (secondary N) is 1. The second kappa shape index (κ2) is 4.80. The van der Waals surface area contributed by atoms with Crippen LogP contribution >= 0.6 is 11.8 Å². The van der Waals surface area contributed by atoms with Crippen molar-refractivity contribution in [3.05, 3.63) is 28.8 Å². The maximum absolute atomic E-state index is 3.68. The lowest BCUT2D eigenvalue weighted by molar-refractivity contribution is 0.459. The monoisotopic (exact) mass is 235 g/mol. The molecule has 1 aromatic rings. The molecule has 0 radical (unpaired) electrons. The smallest absolute Gasteiger partial charge is 0.0341 e. The van der Waals surface area contributed by atoms with Gasteiger partial charge in [-0.15, -0.1) is 11.8 Å². The van der Waals surface area contributed by atoms with Gasteiger partial charge in [0.25, 0.3) is 0 Å². The van der Waals surface area contributed by atoms with Crippen molar-refractivity contribution in [2.75, 3.05) is 5.75 Å². The number of thioether (sulfide) groups is 1. The SMILES string of the molecule is Cc1cc(C)c2c(c1)C(NC(C)C)CCS2. The van der Waals surface area contributed by atoms with E-state index in [2.05, 4.69) is 45.1 Å². The van der Waals surface area contributed by atoms with Crippen LogP contribution in [0.15, 0.2) is 17.0 Å². The topological polar surface area (TPSA) is 12.0 Å². The maximum atomic E-state index is 3.68. The van der Waals surface area contributed by atoms with E-state index < -0.39 is 0 Å². The Kier molecular flexibility index (Phi) is 3.60. The van der Waals surface area contributed by atoms with E-state index in [-0.39, 0.29) is 0 Å². The quantitative estimate of drug-likeness (QED) is 0.836. The van der Waals surface area contributed by atoms with Crippen LogP contribution in [0.1, 0.15) is 43.0 Å². The van der Waals surface area contributed by atoms with Gasteiger partial charge in [-0.2, -0.15) is 0 Å². The summed E-state index contributed by atoms with van der Waals surface area (Å²) in [6.45, 7) is 8.88. The first-order chi connectivity index (χ1) is 7.58. The third-order valence-corrected chi connectivity index (χ3v) is 4.30. The van der Waals surface area contributed by atoms with E-state index in [1.165, 1.54) is 33.8 Å². The molecule has 2 rings (SSSR count). The minimum Gasteiger partial charge on any atom is -0.308 e. The highest BCUT2D eigenvalue weighted by Gasteiger charge is 2.22. The highest BCUT2D eigenvalue weighted by molar-refractivity contribution is 7.99. The van der Waals surface area contributed by atoms with Gasteiger partial charge in [0.05, 0.1) is 0 Å². The molecule has 1 aliphatic rings. The molecular formula is C14H21NS. The molecule has 1 unspecified atom stereocenters. The van der Waals surface area contributed by atoms with E-state index in [9.17, 15) is 0 Å². The molecule has 0 aromatic heterocycles. The van der Waals surface area contributed by atoms with Crippen LogP contribution in [0.4, 0.5) is 0 Å². The molecule has 2 heteroatoms. The van der Waals surface area contributed by atoms with Crippen LogP contribution in [0.3, 0.4) is 0 Å². The van der Waals surface area contributed by atoms with Crippen molar-refractivity contribution in [3.63, 3.8) is 0 Å². The summed E-state index contributed by atoms with van der Waals surface area (Å²) in [5, 5.41) is 3.68. The summed E-state index contributed by atoms with van der Waals surface area (Å²) in [4.78, 5) is 1.51. The molecule has 0 bridgehead atoms. The zero-order chi connectivity index (χ0) is 11.7. The molecule has 1 heterocycles. The van der Waals surface area contributed by atoms with Crippen LogP contribution in [-0.4, -0.2) is 11.8 Å². The Morgan fingerprint density at radius 1 is 1.31 bits per heavy atom. The highest BCUT2D eigenvalue weighted by atomic mass is 32.2. The first-order valence-electron chi connectivity index (χ1n) is 6.08. The fourth-order valence-corrected chi connectivity index (χ4v) is 3.67. The molecule has 1 aromatic carbocycles. The van der Waals surface area contributed by atoms with Crippen LogP contribution in [0, 0.1) is 13.8 Å². The number of benzene rings is 1. The predicted octanol–water partition coefficient (Wildman–Crippen LogP) is 3.84. The molecular weight excluding hydrogens is 214 g/mol. The molecule has 1 atom stereocenters. The molecule has 0 saturated heterocycles. The van der Waals surface area contributed by atoms with Crippen molar-refractivity contribution >= 4 is 11.8 Å². The van der Waals surface area contributed by atoms with Gasteiger partial charge in [-0.05, 0) is 37.1 Å². The molecule has 0 spiro atoms. The van der Waals surface area contributed by atoms with E-state index in [0.717, 1.165) is 0 Å². The van der Waals surface area contributed by atoms with Gasteiger partial charge in [0, 0.05) is 17.0 Å². The minimum absolute atomic E-state index is 0.551. The van der Waals surface area contributed by atoms with Gasteiger partial charge in [0.1, 0.15) is 0 Å². The first-order valence-corrected chi connectivity index (χ1v) is 7.06. The largest absolute Gasteiger partial charge is 0.308 e. The average Bonchev–Trinajstić information content (AvgIpc) is 2.18. The summed E-state index contributed by atoms with van der Waals surface area (Å²) in [7, 11) is 0. The van der Waals surface area contributed by atoms with Crippen LogP contribution in [0.25, 0.3) is 0 Å².